The summed E-state index contributed by atoms with van der Waals surface area (Å²) in [5, 5.41) is 0. The van der Waals surface area contributed by atoms with E-state index in [1.165, 1.54) is 19.8 Å². The van der Waals surface area contributed by atoms with Crippen molar-refractivity contribution < 1.29 is 19.1 Å². The van der Waals surface area contributed by atoms with Crippen LogP contribution in [0.4, 0.5) is 5.69 Å². The van der Waals surface area contributed by atoms with Crippen molar-refractivity contribution in [1.82, 2.24) is 0 Å². The molecule has 2 heterocycles. The molecule has 0 amide bonds. The van der Waals surface area contributed by atoms with Crippen LogP contribution in [0.15, 0.2) is 54.6 Å². The maximum atomic E-state index is 12.9. The van der Waals surface area contributed by atoms with Crippen LogP contribution in [0.5, 0.6) is 0 Å². The summed E-state index contributed by atoms with van der Waals surface area (Å²) in [7, 11) is 2.65. The number of methoxy groups -OCH3 is 2. The molecule has 5 heteroatoms. The summed E-state index contributed by atoms with van der Waals surface area (Å²) in [5.41, 5.74) is 1.79. The Balaban J connectivity index is 1.96. The van der Waals surface area contributed by atoms with Crippen LogP contribution in [0.25, 0.3) is 0 Å². The molecule has 2 aromatic rings. The maximum Gasteiger partial charge on any atom is 0.325 e. The van der Waals surface area contributed by atoms with Gasteiger partial charge in [-0.15, -0.1) is 0 Å². The third-order valence-electron chi connectivity index (χ3n) is 5.65. The first kappa shape index (κ1) is 16.6. The van der Waals surface area contributed by atoms with Crippen LogP contribution in [0, 0.1) is 5.41 Å². The van der Waals surface area contributed by atoms with Gasteiger partial charge in [0.15, 0.2) is 5.41 Å². The second-order valence-electron chi connectivity index (χ2n) is 6.86. The standard InChI is InChI=1S/C21H21NO4/c1-25-19(23)21(20(24)26-2)13-16-12-14-8-6-7-11-17(14)18(21)22(16)15-9-4-3-5-10-15/h3-11,16,18H,12-13H2,1-2H3/t16-,18+/m1/s1. The number of esters is 2. The molecule has 1 saturated heterocycles. The fourth-order valence-corrected chi connectivity index (χ4v) is 4.65. The number of para-hydroxylation sites is 1. The molecule has 0 N–H and O–H groups in total. The lowest BCUT2D eigenvalue weighted by Gasteiger charge is -2.40. The van der Waals surface area contributed by atoms with E-state index in [2.05, 4.69) is 11.0 Å². The molecule has 0 aromatic heterocycles. The van der Waals surface area contributed by atoms with E-state index >= 15 is 0 Å². The largest absolute Gasteiger partial charge is 0.468 e. The number of nitrogens with zero attached hydrogens (tertiary/aromatic N) is 1. The molecule has 0 aliphatic carbocycles. The lowest BCUT2D eigenvalue weighted by Crippen LogP contribution is -2.47. The predicted octanol–water partition coefficient (Wildman–Crippen LogP) is 2.90. The topological polar surface area (TPSA) is 55.8 Å². The van der Waals surface area contributed by atoms with Crippen molar-refractivity contribution in [3.8, 4) is 0 Å². The van der Waals surface area contributed by atoms with Crippen LogP contribution >= 0.6 is 0 Å². The molecule has 134 valence electrons. The average Bonchev–Trinajstić information content (AvgIpc) is 2.95. The summed E-state index contributed by atoms with van der Waals surface area (Å²) in [5.74, 6) is -1.07. The van der Waals surface area contributed by atoms with Gasteiger partial charge in [0.05, 0.1) is 20.3 Å². The molecule has 2 aliphatic rings. The van der Waals surface area contributed by atoms with Crippen molar-refractivity contribution in [3.63, 3.8) is 0 Å². The van der Waals surface area contributed by atoms with Crippen molar-refractivity contribution >= 4 is 17.6 Å². The van der Waals surface area contributed by atoms with Gasteiger partial charge in [0.2, 0.25) is 0 Å². The van der Waals surface area contributed by atoms with E-state index in [1.807, 2.05) is 48.5 Å². The van der Waals surface area contributed by atoms with Crippen LogP contribution in [0.3, 0.4) is 0 Å². The Hall–Kier alpha value is -2.82. The monoisotopic (exact) mass is 351 g/mol. The quantitative estimate of drug-likeness (QED) is 0.629. The molecule has 2 aliphatic heterocycles. The highest BCUT2D eigenvalue weighted by atomic mass is 16.5. The van der Waals surface area contributed by atoms with Crippen molar-refractivity contribution in [2.24, 2.45) is 5.41 Å². The number of carbonyl (C=O) groups excluding carboxylic acids is 2. The molecule has 0 spiro atoms. The van der Waals surface area contributed by atoms with Gasteiger partial charge in [0.25, 0.3) is 0 Å². The molecule has 0 radical (unpaired) electrons. The van der Waals surface area contributed by atoms with Gasteiger partial charge in [0.1, 0.15) is 0 Å². The molecule has 2 aromatic carbocycles. The fraction of sp³-hybridized carbons (Fsp3) is 0.333. The second kappa shape index (κ2) is 6.16. The molecule has 26 heavy (non-hydrogen) atoms. The van der Waals surface area contributed by atoms with Gasteiger partial charge >= 0.3 is 11.9 Å². The summed E-state index contributed by atoms with van der Waals surface area (Å²) in [4.78, 5) is 28.0. The summed E-state index contributed by atoms with van der Waals surface area (Å²) in [6.07, 6.45) is 1.15. The van der Waals surface area contributed by atoms with Gasteiger partial charge in [0, 0.05) is 11.7 Å². The summed E-state index contributed by atoms with van der Waals surface area (Å²) in [6.45, 7) is 0. The molecular formula is C21H21NO4. The minimum Gasteiger partial charge on any atom is -0.468 e. The van der Waals surface area contributed by atoms with Crippen LogP contribution in [-0.4, -0.2) is 32.2 Å². The Morgan fingerprint density at radius 2 is 1.58 bits per heavy atom. The molecule has 0 unspecified atom stereocenters. The first-order valence-corrected chi connectivity index (χ1v) is 8.71. The number of hydrogen-bond acceptors (Lipinski definition) is 5. The van der Waals surface area contributed by atoms with Gasteiger partial charge < -0.3 is 14.4 Å². The van der Waals surface area contributed by atoms with Gasteiger partial charge in [-0.2, -0.15) is 0 Å². The number of hydrogen-bond donors (Lipinski definition) is 0. The average molecular weight is 351 g/mol. The number of fused-ring (bicyclic) bond motifs is 4. The summed E-state index contributed by atoms with van der Waals surface area (Å²) >= 11 is 0. The van der Waals surface area contributed by atoms with Gasteiger partial charge in [-0.1, -0.05) is 42.5 Å². The van der Waals surface area contributed by atoms with E-state index in [4.69, 9.17) is 9.47 Å². The van der Waals surface area contributed by atoms with Crippen LogP contribution in [0.2, 0.25) is 0 Å². The third-order valence-corrected chi connectivity index (χ3v) is 5.65. The number of benzene rings is 2. The fourth-order valence-electron chi connectivity index (χ4n) is 4.65. The van der Waals surface area contributed by atoms with E-state index < -0.39 is 23.4 Å². The molecule has 4 rings (SSSR count). The highest BCUT2D eigenvalue weighted by molar-refractivity contribution is 6.03. The molecule has 2 bridgehead atoms. The number of carbonyl (C=O) groups is 2. The highest BCUT2D eigenvalue weighted by Crippen LogP contribution is 2.57. The van der Waals surface area contributed by atoms with Crippen LogP contribution in [-0.2, 0) is 25.5 Å². The number of anilines is 1. The van der Waals surface area contributed by atoms with Crippen LogP contribution in [0.1, 0.15) is 23.6 Å². The smallest absolute Gasteiger partial charge is 0.325 e. The Bertz CT molecular complexity index is 832. The highest BCUT2D eigenvalue weighted by Gasteiger charge is 2.65. The first-order valence-electron chi connectivity index (χ1n) is 8.71. The Morgan fingerprint density at radius 1 is 0.962 bits per heavy atom. The molecule has 5 nitrogen and oxygen atoms in total. The Labute approximate surface area is 152 Å². The molecular weight excluding hydrogens is 330 g/mol. The zero-order valence-corrected chi connectivity index (χ0v) is 14.8. The van der Waals surface area contributed by atoms with E-state index in [0.717, 1.165) is 17.7 Å². The van der Waals surface area contributed by atoms with Crippen molar-refractivity contribution in [2.45, 2.75) is 24.9 Å². The van der Waals surface area contributed by atoms with Crippen molar-refractivity contribution in [1.29, 1.82) is 0 Å². The predicted molar refractivity (Wildman–Crippen MR) is 96.7 cm³/mol. The lowest BCUT2D eigenvalue weighted by molar-refractivity contribution is -0.169. The Kier molecular flexibility index (Phi) is 3.94. The molecule has 1 fully saturated rings. The normalized spacial score (nSPS) is 22.5. The summed E-state index contributed by atoms with van der Waals surface area (Å²) in [6, 6.07) is 17.5. The third kappa shape index (κ3) is 2.16. The van der Waals surface area contributed by atoms with Gasteiger partial charge in [-0.05, 0) is 36.1 Å². The molecule has 2 atom stereocenters. The number of ether oxygens (including phenoxy) is 2. The SMILES string of the molecule is COC(=O)C1(C(=O)OC)C[C@H]2Cc3ccccc3[C@@H]1N2c1ccccc1. The van der Waals surface area contributed by atoms with Crippen molar-refractivity contribution in [3.05, 3.63) is 65.7 Å². The zero-order chi connectivity index (χ0) is 18.3. The second-order valence-corrected chi connectivity index (χ2v) is 6.86. The first-order chi connectivity index (χ1) is 12.6. The van der Waals surface area contributed by atoms with Crippen molar-refractivity contribution in [2.75, 3.05) is 19.1 Å². The number of rotatable bonds is 3. The van der Waals surface area contributed by atoms with Crippen LogP contribution < -0.4 is 4.90 Å². The molecule has 0 saturated carbocycles. The van der Waals surface area contributed by atoms with Gasteiger partial charge in [-0.25, -0.2) is 0 Å². The van der Waals surface area contributed by atoms with E-state index in [1.54, 1.807) is 0 Å². The summed E-state index contributed by atoms with van der Waals surface area (Å²) < 4.78 is 10.2. The lowest BCUT2D eigenvalue weighted by atomic mass is 9.76. The Morgan fingerprint density at radius 3 is 2.23 bits per heavy atom. The zero-order valence-electron chi connectivity index (χ0n) is 14.8. The minimum atomic E-state index is -1.36. The maximum absolute atomic E-state index is 12.9. The minimum absolute atomic E-state index is 0.0236. The van der Waals surface area contributed by atoms with E-state index in [0.29, 0.717) is 6.42 Å². The van der Waals surface area contributed by atoms with Gasteiger partial charge in [-0.3, -0.25) is 9.59 Å². The van der Waals surface area contributed by atoms with E-state index in [-0.39, 0.29) is 6.04 Å². The van der Waals surface area contributed by atoms with E-state index in [9.17, 15) is 9.59 Å².